The number of anilines is 1. The van der Waals surface area contributed by atoms with Crippen LogP contribution in [0.25, 0.3) is 5.69 Å². The lowest BCUT2D eigenvalue weighted by atomic mass is 9.82. The summed E-state index contributed by atoms with van der Waals surface area (Å²) >= 11 is 0. The minimum Gasteiger partial charge on any atom is -0.351 e. The van der Waals surface area contributed by atoms with E-state index in [9.17, 15) is 9.18 Å². The lowest BCUT2D eigenvalue weighted by molar-refractivity contribution is 0.0590. The molecular formula is C21H21FN6O. The third kappa shape index (κ3) is 3.14. The summed E-state index contributed by atoms with van der Waals surface area (Å²) in [4.78, 5) is 23.4. The van der Waals surface area contributed by atoms with Crippen LogP contribution in [0.1, 0.15) is 22.5 Å². The molecule has 29 heavy (non-hydrogen) atoms. The molecule has 2 aliphatic rings. The molecule has 2 aromatic heterocycles. The van der Waals surface area contributed by atoms with E-state index in [0.29, 0.717) is 24.7 Å². The second-order valence-corrected chi connectivity index (χ2v) is 7.64. The Hall–Kier alpha value is -3.29. The number of carbonyl (C=O) groups excluding carboxylic acids is 1. The van der Waals surface area contributed by atoms with Gasteiger partial charge in [-0.25, -0.2) is 9.37 Å². The van der Waals surface area contributed by atoms with Crippen molar-refractivity contribution >= 4 is 11.7 Å². The van der Waals surface area contributed by atoms with Crippen molar-refractivity contribution in [3.8, 4) is 5.69 Å². The summed E-state index contributed by atoms with van der Waals surface area (Å²) in [5, 5.41) is 8.20. The van der Waals surface area contributed by atoms with Crippen LogP contribution in [0.2, 0.25) is 0 Å². The van der Waals surface area contributed by atoms with Gasteiger partial charge in [-0.1, -0.05) is 6.07 Å². The Morgan fingerprint density at radius 1 is 1.14 bits per heavy atom. The monoisotopic (exact) mass is 392 g/mol. The Balaban J connectivity index is 1.40. The molecule has 148 valence electrons. The zero-order valence-electron chi connectivity index (χ0n) is 16.1. The normalized spacial score (nSPS) is 20.9. The zero-order chi connectivity index (χ0) is 20.0. The molecule has 2 atom stereocenters. The van der Waals surface area contributed by atoms with E-state index in [4.69, 9.17) is 0 Å². The highest BCUT2D eigenvalue weighted by atomic mass is 19.1. The molecule has 0 N–H and O–H groups in total. The summed E-state index contributed by atoms with van der Waals surface area (Å²) in [5.41, 5.74) is 1.74. The number of amides is 1. The third-order valence-corrected chi connectivity index (χ3v) is 5.83. The van der Waals surface area contributed by atoms with Gasteiger partial charge in [-0.3, -0.25) is 4.79 Å². The maximum Gasteiger partial charge on any atom is 0.256 e. The van der Waals surface area contributed by atoms with Crippen molar-refractivity contribution < 1.29 is 9.18 Å². The highest BCUT2D eigenvalue weighted by Gasteiger charge is 2.44. The van der Waals surface area contributed by atoms with Gasteiger partial charge in [0, 0.05) is 31.2 Å². The van der Waals surface area contributed by atoms with Crippen molar-refractivity contribution in [1.29, 1.82) is 0 Å². The van der Waals surface area contributed by atoms with Gasteiger partial charge in [0.25, 0.3) is 5.91 Å². The summed E-state index contributed by atoms with van der Waals surface area (Å²) in [7, 11) is 0. The van der Waals surface area contributed by atoms with Gasteiger partial charge < -0.3 is 9.80 Å². The van der Waals surface area contributed by atoms with E-state index in [0.717, 1.165) is 24.5 Å². The molecule has 3 aromatic rings. The molecule has 0 saturated carbocycles. The average Bonchev–Trinajstić information content (AvgIpc) is 3.23. The molecule has 0 bridgehead atoms. The first-order valence-corrected chi connectivity index (χ1v) is 9.76. The number of aromatic nitrogens is 4. The minimum absolute atomic E-state index is 0.195. The molecule has 1 aromatic carbocycles. The van der Waals surface area contributed by atoms with Crippen molar-refractivity contribution in [2.24, 2.45) is 5.92 Å². The van der Waals surface area contributed by atoms with Crippen molar-refractivity contribution in [2.45, 2.75) is 19.4 Å². The fraction of sp³-hybridized carbons (Fsp3) is 0.333. The molecule has 8 heteroatoms. The molecule has 5 rings (SSSR count). The molecule has 7 nitrogen and oxygen atoms in total. The summed E-state index contributed by atoms with van der Waals surface area (Å²) in [5.74, 6) is 0.863. The van der Waals surface area contributed by atoms with Crippen LogP contribution in [0.4, 0.5) is 10.2 Å². The molecule has 2 aliphatic heterocycles. The molecule has 0 unspecified atom stereocenters. The van der Waals surface area contributed by atoms with Gasteiger partial charge in [0.2, 0.25) is 0 Å². The number of hydrogen-bond donors (Lipinski definition) is 0. The second kappa shape index (κ2) is 6.95. The number of aryl methyl sites for hydroxylation is 1. The Morgan fingerprint density at radius 3 is 2.76 bits per heavy atom. The van der Waals surface area contributed by atoms with Crippen LogP contribution in [0.15, 0.2) is 48.8 Å². The number of likely N-dealkylation sites (tertiary alicyclic amines) is 1. The molecule has 1 amide bonds. The van der Waals surface area contributed by atoms with Gasteiger partial charge >= 0.3 is 0 Å². The first-order chi connectivity index (χ1) is 14.1. The standard InChI is InChI=1S/C21H21FN6O/c1-14-3-2-4-20(25-14)27-12-15-7-10-26(13-19(15)27)21(29)17-11-16(22)5-6-18(17)28-23-8-9-24-28/h2-6,8-9,11,15,19H,7,10,12-13H2,1H3/t15-,19-/m0/s1. The fourth-order valence-corrected chi connectivity index (χ4v) is 4.30. The Morgan fingerprint density at radius 2 is 1.97 bits per heavy atom. The quantitative estimate of drug-likeness (QED) is 0.685. The zero-order valence-corrected chi connectivity index (χ0v) is 16.1. The van der Waals surface area contributed by atoms with Gasteiger partial charge in [-0.2, -0.15) is 15.0 Å². The number of halogens is 1. The second-order valence-electron chi connectivity index (χ2n) is 7.64. The van der Waals surface area contributed by atoms with Crippen LogP contribution in [-0.4, -0.2) is 56.5 Å². The van der Waals surface area contributed by atoms with Crippen molar-refractivity contribution in [3.63, 3.8) is 0 Å². The predicted molar refractivity (Wildman–Crippen MR) is 105 cm³/mol. The SMILES string of the molecule is Cc1cccc(N2C[C@@H]3CCN(C(=O)c4cc(F)ccc4-n4nccn4)C[C@@H]32)n1. The first-order valence-electron chi connectivity index (χ1n) is 9.76. The van der Waals surface area contributed by atoms with Gasteiger partial charge in [0.1, 0.15) is 11.6 Å². The van der Waals surface area contributed by atoms with Crippen LogP contribution in [0.3, 0.4) is 0 Å². The van der Waals surface area contributed by atoms with Crippen LogP contribution in [0.5, 0.6) is 0 Å². The average molecular weight is 392 g/mol. The molecular weight excluding hydrogens is 371 g/mol. The van der Waals surface area contributed by atoms with Gasteiger partial charge in [0.15, 0.2) is 0 Å². The van der Waals surface area contributed by atoms with Gasteiger partial charge in [-0.05, 0) is 43.7 Å². The van der Waals surface area contributed by atoms with Crippen LogP contribution < -0.4 is 4.90 Å². The predicted octanol–water partition coefficient (Wildman–Crippen LogP) is 2.46. The smallest absolute Gasteiger partial charge is 0.256 e. The number of hydrogen-bond acceptors (Lipinski definition) is 5. The summed E-state index contributed by atoms with van der Waals surface area (Å²) in [6.07, 6.45) is 4.00. The summed E-state index contributed by atoms with van der Waals surface area (Å²) in [6, 6.07) is 10.4. The van der Waals surface area contributed by atoms with E-state index in [1.165, 1.54) is 29.3 Å². The van der Waals surface area contributed by atoms with Crippen molar-refractivity contribution in [3.05, 3.63) is 65.9 Å². The molecule has 2 saturated heterocycles. The maximum absolute atomic E-state index is 14.0. The molecule has 0 radical (unpaired) electrons. The molecule has 2 fully saturated rings. The van der Waals surface area contributed by atoms with E-state index >= 15 is 0 Å². The van der Waals surface area contributed by atoms with Crippen molar-refractivity contribution in [1.82, 2.24) is 24.9 Å². The molecule has 0 spiro atoms. The number of fused-ring (bicyclic) bond motifs is 1. The number of nitrogens with zero attached hydrogens (tertiary/aromatic N) is 6. The topological polar surface area (TPSA) is 67.2 Å². The lowest BCUT2D eigenvalue weighted by Gasteiger charge is -2.54. The highest BCUT2D eigenvalue weighted by molar-refractivity contribution is 5.98. The van der Waals surface area contributed by atoms with Crippen LogP contribution in [-0.2, 0) is 0 Å². The van der Waals surface area contributed by atoms with E-state index in [1.54, 1.807) is 6.07 Å². The Bertz CT molecular complexity index is 1050. The largest absolute Gasteiger partial charge is 0.351 e. The molecule has 4 heterocycles. The number of benzene rings is 1. The fourth-order valence-electron chi connectivity index (χ4n) is 4.30. The van der Waals surface area contributed by atoms with Crippen LogP contribution >= 0.6 is 0 Å². The first kappa shape index (κ1) is 17.8. The lowest BCUT2D eigenvalue weighted by Crippen LogP contribution is -2.65. The van der Waals surface area contributed by atoms with Crippen LogP contribution in [0, 0.1) is 18.7 Å². The maximum atomic E-state index is 14.0. The third-order valence-electron chi connectivity index (χ3n) is 5.83. The number of carbonyl (C=O) groups is 1. The highest BCUT2D eigenvalue weighted by Crippen LogP contribution is 2.36. The van der Waals surface area contributed by atoms with E-state index in [1.807, 2.05) is 30.0 Å². The van der Waals surface area contributed by atoms with E-state index < -0.39 is 5.82 Å². The summed E-state index contributed by atoms with van der Waals surface area (Å²) in [6.45, 7) is 4.21. The summed E-state index contributed by atoms with van der Waals surface area (Å²) < 4.78 is 14.0. The Kier molecular flexibility index (Phi) is 4.26. The van der Waals surface area contributed by atoms with E-state index in [2.05, 4.69) is 20.1 Å². The Labute approximate surface area is 167 Å². The number of piperidine rings is 1. The van der Waals surface area contributed by atoms with Gasteiger partial charge in [0.05, 0.1) is 29.7 Å². The molecule has 0 aliphatic carbocycles. The minimum atomic E-state index is -0.451. The number of rotatable bonds is 3. The van der Waals surface area contributed by atoms with Crippen molar-refractivity contribution in [2.75, 3.05) is 24.5 Å². The van der Waals surface area contributed by atoms with Gasteiger partial charge in [-0.15, -0.1) is 0 Å². The number of pyridine rings is 1. The van der Waals surface area contributed by atoms with E-state index in [-0.39, 0.29) is 17.5 Å².